The quantitative estimate of drug-likeness (QED) is 0.328. The number of carbonyl (C=O) groups is 3. The van der Waals surface area contributed by atoms with Crippen molar-refractivity contribution in [3.05, 3.63) is 57.6 Å². The summed E-state index contributed by atoms with van der Waals surface area (Å²) in [6, 6.07) is 5.40. The molecule has 0 aromatic heterocycles. The van der Waals surface area contributed by atoms with Gasteiger partial charge in [-0.3, -0.25) is 14.4 Å². The summed E-state index contributed by atoms with van der Waals surface area (Å²) >= 11 is 0. The number of aromatic hydroxyl groups is 2. The minimum absolute atomic E-state index is 0.00588. The molecule has 0 amide bonds. The number of fused-ring (bicyclic) bond motifs is 3. The van der Waals surface area contributed by atoms with Crippen molar-refractivity contribution in [2.45, 2.75) is 69.4 Å². The van der Waals surface area contributed by atoms with Gasteiger partial charge < -0.3 is 35.6 Å². The monoisotopic (exact) mass is 497 g/mol. The maximum Gasteiger partial charge on any atom is 0.198 e. The summed E-state index contributed by atoms with van der Waals surface area (Å²) in [5.41, 5.74) is 3.38. The number of benzene rings is 2. The number of nitrogens with two attached hydrogens (primary N) is 1. The summed E-state index contributed by atoms with van der Waals surface area (Å²) in [5.74, 6) is -3.06. The van der Waals surface area contributed by atoms with E-state index in [1.165, 1.54) is 19.1 Å². The zero-order valence-electron chi connectivity index (χ0n) is 19.7. The zero-order chi connectivity index (χ0) is 26.1. The highest BCUT2D eigenvalue weighted by Gasteiger charge is 2.49. The highest BCUT2D eigenvalue weighted by atomic mass is 16.7. The molecular formula is C26H27NO9. The van der Waals surface area contributed by atoms with Gasteiger partial charge in [0.25, 0.3) is 0 Å². The lowest BCUT2D eigenvalue weighted by Gasteiger charge is -2.42. The second kappa shape index (κ2) is 8.46. The third kappa shape index (κ3) is 3.56. The third-order valence-corrected chi connectivity index (χ3v) is 7.50. The molecule has 190 valence electrons. The van der Waals surface area contributed by atoms with Gasteiger partial charge in [-0.05, 0) is 13.8 Å². The predicted octanol–water partition coefficient (Wildman–Crippen LogP) is 1.02. The van der Waals surface area contributed by atoms with E-state index in [1.807, 2.05) is 0 Å². The van der Waals surface area contributed by atoms with Gasteiger partial charge in [0.05, 0.1) is 29.4 Å². The lowest BCUT2D eigenvalue weighted by atomic mass is 9.72. The molecule has 1 heterocycles. The molecule has 36 heavy (non-hydrogen) atoms. The maximum absolute atomic E-state index is 13.3. The zero-order valence-corrected chi connectivity index (χ0v) is 19.7. The largest absolute Gasteiger partial charge is 0.507 e. The molecule has 0 saturated carbocycles. The highest BCUT2D eigenvalue weighted by Crippen LogP contribution is 2.51. The first-order chi connectivity index (χ1) is 16.9. The van der Waals surface area contributed by atoms with Gasteiger partial charge in [0, 0.05) is 47.6 Å². The normalized spacial score (nSPS) is 31.4. The second-order valence-electron chi connectivity index (χ2n) is 9.80. The van der Waals surface area contributed by atoms with E-state index in [4.69, 9.17) is 15.2 Å². The van der Waals surface area contributed by atoms with Crippen molar-refractivity contribution in [3.8, 4) is 11.5 Å². The van der Waals surface area contributed by atoms with Crippen molar-refractivity contribution < 1.29 is 44.3 Å². The minimum Gasteiger partial charge on any atom is -0.507 e. The van der Waals surface area contributed by atoms with Gasteiger partial charge >= 0.3 is 0 Å². The van der Waals surface area contributed by atoms with E-state index < -0.39 is 71.5 Å². The molecule has 2 aliphatic carbocycles. The van der Waals surface area contributed by atoms with Crippen molar-refractivity contribution in [1.29, 1.82) is 0 Å². The molecule has 1 aliphatic heterocycles. The Balaban J connectivity index is 1.66. The molecule has 0 radical (unpaired) electrons. The van der Waals surface area contributed by atoms with Crippen molar-refractivity contribution >= 4 is 17.3 Å². The molecule has 1 unspecified atom stereocenters. The SMILES string of the molecule is CC(=O)[C@]1(O)Cc2c(O)c3c(c(O)c2[C@@H](O[C@H]2C[C@@H](N)[C@@H](O)C(C)O2)C1)C(=O)c1ccccc1C3=O. The summed E-state index contributed by atoms with van der Waals surface area (Å²) < 4.78 is 11.8. The average Bonchev–Trinajstić information content (AvgIpc) is 2.82. The molecule has 2 aromatic carbocycles. The van der Waals surface area contributed by atoms with Crippen LogP contribution in [0, 0.1) is 0 Å². The van der Waals surface area contributed by atoms with Gasteiger partial charge in [0.1, 0.15) is 17.1 Å². The van der Waals surface area contributed by atoms with E-state index in [9.17, 15) is 34.8 Å². The van der Waals surface area contributed by atoms with E-state index in [0.717, 1.165) is 0 Å². The molecule has 1 saturated heterocycles. The van der Waals surface area contributed by atoms with Crippen molar-refractivity contribution in [1.82, 2.24) is 0 Å². The number of ether oxygens (including phenoxy) is 2. The summed E-state index contributed by atoms with van der Waals surface area (Å²) in [6.45, 7) is 2.80. The fraction of sp³-hybridized carbons (Fsp3) is 0.423. The summed E-state index contributed by atoms with van der Waals surface area (Å²) in [7, 11) is 0. The molecule has 3 aliphatic rings. The highest BCUT2D eigenvalue weighted by molar-refractivity contribution is 6.30. The van der Waals surface area contributed by atoms with Gasteiger partial charge in [0.2, 0.25) is 0 Å². The lowest BCUT2D eigenvalue weighted by Crippen LogP contribution is -2.52. The van der Waals surface area contributed by atoms with E-state index in [-0.39, 0.29) is 46.2 Å². The molecule has 6 atom stereocenters. The van der Waals surface area contributed by atoms with Crippen LogP contribution in [0.15, 0.2) is 24.3 Å². The van der Waals surface area contributed by atoms with Crippen LogP contribution in [0.1, 0.15) is 75.8 Å². The fourth-order valence-corrected chi connectivity index (χ4v) is 5.42. The number of aliphatic hydroxyl groups is 2. The Labute approximate surface area is 206 Å². The van der Waals surface area contributed by atoms with E-state index in [1.54, 1.807) is 19.1 Å². The number of hydrogen-bond donors (Lipinski definition) is 5. The Morgan fingerprint density at radius 3 is 2.25 bits per heavy atom. The second-order valence-corrected chi connectivity index (χ2v) is 9.80. The van der Waals surface area contributed by atoms with Crippen LogP contribution in [0.25, 0.3) is 0 Å². The molecule has 1 fully saturated rings. The van der Waals surface area contributed by atoms with Crippen molar-refractivity contribution in [2.75, 3.05) is 0 Å². The number of phenolic OH excluding ortho intramolecular Hbond substituents is 2. The third-order valence-electron chi connectivity index (χ3n) is 7.50. The van der Waals surface area contributed by atoms with Crippen LogP contribution in [-0.4, -0.2) is 67.9 Å². The van der Waals surface area contributed by atoms with Crippen LogP contribution < -0.4 is 5.73 Å². The standard InChI is InChI=1S/C26H27NO9/c1-10-21(29)15(27)7-17(35-10)36-16-9-26(34,11(2)28)8-14-18(16)25(33)20-19(24(14)32)22(30)12-5-3-4-6-13(12)23(20)31/h3-6,10,15-17,21,29,32-34H,7-9,27H2,1-2H3/t10?,15-,16+,17+,21+,26+/m1/s1. The number of Topliss-reactive ketones (excluding diaryl/α,β-unsaturated/α-hetero) is 1. The molecular weight excluding hydrogens is 470 g/mol. The average molecular weight is 498 g/mol. The minimum atomic E-state index is -1.97. The first kappa shape index (κ1) is 24.5. The van der Waals surface area contributed by atoms with Crippen molar-refractivity contribution in [3.63, 3.8) is 0 Å². The summed E-state index contributed by atoms with van der Waals surface area (Å²) in [6.07, 6.45) is -4.38. The summed E-state index contributed by atoms with van der Waals surface area (Å²) in [5, 5.41) is 43.8. The predicted molar refractivity (Wildman–Crippen MR) is 124 cm³/mol. The maximum atomic E-state index is 13.3. The number of phenols is 2. The fourth-order valence-electron chi connectivity index (χ4n) is 5.42. The Bertz CT molecular complexity index is 1290. The lowest BCUT2D eigenvalue weighted by molar-refractivity contribution is -0.247. The first-order valence-corrected chi connectivity index (χ1v) is 11.7. The molecule has 2 aromatic rings. The smallest absolute Gasteiger partial charge is 0.198 e. The van der Waals surface area contributed by atoms with Crippen LogP contribution in [0.3, 0.4) is 0 Å². The molecule has 10 heteroatoms. The van der Waals surface area contributed by atoms with E-state index in [2.05, 4.69) is 0 Å². The van der Waals surface area contributed by atoms with E-state index >= 15 is 0 Å². The first-order valence-electron chi connectivity index (χ1n) is 11.7. The molecule has 0 bridgehead atoms. The van der Waals surface area contributed by atoms with Crippen LogP contribution in [-0.2, 0) is 20.7 Å². The molecule has 6 N–H and O–H groups in total. The number of rotatable bonds is 3. The Hall–Kier alpha value is -3.15. The van der Waals surface area contributed by atoms with Gasteiger partial charge in [-0.15, -0.1) is 0 Å². The molecule has 10 nitrogen and oxygen atoms in total. The van der Waals surface area contributed by atoms with Crippen LogP contribution >= 0.6 is 0 Å². The van der Waals surface area contributed by atoms with Crippen LogP contribution in [0.4, 0.5) is 0 Å². The van der Waals surface area contributed by atoms with Gasteiger partial charge in [-0.2, -0.15) is 0 Å². The number of aliphatic hydroxyl groups excluding tert-OH is 1. The topological polar surface area (TPSA) is 177 Å². The Morgan fingerprint density at radius 2 is 1.69 bits per heavy atom. The number of ketones is 3. The Morgan fingerprint density at radius 1 is 1.11 bits per heavy atom. The number of carbonyl (C=O) groups excluding carboxylic acids is 3. The van der Waals surface area contributed by atoms with Crippen LogP contribution in [0.2, 0.25) is 0 Å². The van der Waals surface area contributed by atoms with E-state index in [0.29, 0.717) is 0 Å². The van der Waals surface area contributed by atoms with Gasteiger partial charge in [-0.25, -0.2) is 0 Å². The molecule has 0 spiro atoms. The number of hydrogen-bond acceptors (Lipinski definition) is 10. The molecule has 5 rings (SSSR count). The van der Waals surface area contributed by atoms with Gasteiger partial charge in [-0.1, -0.05) is 24.3 Å². The van der Waals surface area contributed by atoms with Gasteiger partial charge in [0.15, 0.2) is 23.6 Å². The Kier molecular flexibility index (Phi) is 5.77. The van der Waals surface area contributed by atoms with Crippen LogP contribution in [0.5, 0.6) is 11.5 Å². The summed E-state index contributed by atoms with van der Waals surface area (Å²) in [4.78, 5) is 39.0. The van der Waals surface area contributed by atoms with Crippen molar-refractivity contribution in [2.24, 2.45) is 5.73 Å².